The van der Waals surface area contributed by atoms with Gasteiger partial charge in [0.2, 0.25) is 11.8 Å². The van der Waals surface area contributed by atoms with Crippen molar-refractivity contribution in [1.29, 1.82) is 0 Å². The van der Waals surface area contributed by atoms with E-state index >= 15 is 0 Å². The van der Waals surface area contributed by atoms with Crippen molar-refractivity contribution in [3.63, 3.8) is 0 Å². The number of likely N-dealkylation sites (N-methyl/N-ethyl adjacent to an activating group) is 1. The number of rotatable bonds is 9. The lowest BCUT2D eigenvalue weighted by Crippen LogP contribution is -2.60. The van der Waals surface area contributed by atoms with Gasteiger partial charge in [0.15, 0.2) is 0 Å². The molecular weight excluding hydrogens is 476 g/mol. The Balaban J connectivity index is 1.66. The van der Waals surface area contributed by atoms with E-state index in [1.54, 1.807) is 6.20 Å². The summed E-state index contributed by atoms with van der Waals surface area (Å²) in [6.45, 7) is 7.56. The van der Waals surface area contributed by atoms with Crippen LogP contribution in [0.25, 0.3) is 22.2 Å². The predicted octanol–water partition coefficient (Wildman–Crippen LogP) is 3.61. The largest absolute Gasteiger partial charge is 0.475 e. The number of ether oxygens (including phenoxy) is 1. The highest BCUT2D eigenvalue weighted by atomic mass is 35.5. The van der Waals surface area contributed by atoms with Crippen LogP contribution >= 0.6 is 11.6 Å². The fraction of sp³-hybridized carbons (Fsp3) is 0.385. The number of hydrogen-bond acceptors (Lipinski definition) is 8. The summed E-state index contributed by atoms with van der Waals surface area (Å²) in [7, 11) is 6.07. The Bertz CT molecular complexity index is 1310. The van der Waals surface area contributed by atoms with Gasteiger partial charge in [-0.25, -0.2) is 9.97 Å². The van der Waals surface area contributed by atoms with Gasteiger partial charge in [0.25, 0.3) is 0 Å². The predicted molar refractivity (Wildman–Crippen MR) is 146 cm³/mol. The van der Waals surface area contributed by atoms with Gasteiger partial charge in [-0.1, -0.05) is 29.8 Å². The minimum Gasteiger partial charge on any atom is -0.475 e. The minimum atomic E-state index is -0.666. The second kappa shape index (κ2) is 10.4. The summed E-state index contributed by atoms with van der Waals surface area (Å²) in [5.41, 5.74) is 9.77. The van der Waals surface area contributed by atoms with E-state index < -0.39 is 5.66 Å². The average molecular weight is 511 g/mol. The zero-order valence-corrected chi connectivity index (χ0v) is 22.4. The van der Waals surface area contributed by atoms with Crippen molar-refractivity contribution in [1.82, 2.24) is 30.1 Å². The maximum Gasteiger partial charge on any atom is 0.227 e. The minimum absolute atomic E-state index is 0.0552. The van der Waals surface area contributed by atoms with Gasteiger partial charge in [-0.3, -0.25) is 5.32 Å². The lowest BCUT2D eigenvalue weighted by molar-refractivity contribution is 0.108. The van der Waals surface area contributed by atoms with Gasteiger partial charge >= 0.3 is 0 Å². The monoisotopic (exact) mass is 510 g/mol. The first-order chi connectivity index (χ1) is 17.1. The van der Waals surface area contributed by atoms with Crippen LogP contribution in [0.3, 0.4) is 0 Å². The van der Waals surface area contributed by atoms with Crippen molar-refractivity contribution in [3.05, 3.63) is 65.0 Å². The molecule has 192 valence electrons. The second-order valence-electron chi connectivity index (χ2n) is 9.68. The van der Waals surface area contributed by atoms with Crippen LogP contribution < -0.4 is 21.7 Å². The fourth-order valence-electron chi connectivity index (χ4n) is 4.10. The molecule has 3 aromatic rings. The molecule has 0 radical (unpaired) electrons. The van der Waals surface area contributed by atoms with Crippen LogP contribution in [0.2, 0.25) is 5.02 Å². The normalized spacial score (nSPS) is 18.1. The highest BCUT2D eigenvalue weighted by Crippen LogP contribution is 2.34. The standard InChI is InChI=1S/C26H35ClN8O/c1-16(2)36-24-20(13-22(28)26(3,33-24)30-11-12-34(4)5)31-25-29-14-19(27)23(32-25)18-15-35(6)21-10-8-7-9-17(18)21/h7-10,13-16,30,33H,11-12,28H2,1-6H3,(H,29,31,32). The zero-order valence-electron chi connectivity index (χ0n) is 21.7. The van der Waals surface area contributed by atoms with Crippen molar-refractivity contribution in [2.45, 2.75) is 32.5 Å². The summed E-state index contributed by atoms with van der Waals surface area (Å²) in [4.78, 5) is 11.3. The smallest absolute Gasteiger partial charge is 0.227 e. The van der Waals surface area contributed by atoms with Crippen molar-refractivity contribution in [3.8, 4) is 11.3 Å². The fourth-order valence-corrected chi connectivity index (χ4v) is 4.29. The summed E-state index contributed by atoms with van der Waals surface area (Å²) in [6.07, 6.45) is 5.43. The molecular formula is C26H35ClN8O. The molecule has 10 heteroatoms. The van der Waals surface area contributed by atoms with Crippen molar-refractivity contribution >= 4 is 28.5 Å². The van der Waals surface area contributed by atoms with Crippen LogP contribution in [0, 0.1) is 0 Å². The van der Waals surface area contributed by atoms with Gasteiger partial charge in [-0.05, 0) is 47.0 Å². The van der Waals surface area contributed by atoms with E-state index in [1.165, 1.54) is 0 Å². The molecule has 0 amide bonds. The number of hydrogen-bond donors (Lipinski definition) is 4. The lowest BCUT2D eigenvalue weighted by Gasteiger charge is -2.38. The number of dihydropyridines is 1. The molecule has 1 unspecified atom stereocenters. The van der Waals surface area contributed by atoms with Crippen LogP contribution in [0.1, 0.15) is 20.8 Å². The van der Waals surface area contributed by atoms with E-state index in [0.717, 1.165) is 29.6 Å². The first-order valence-electron chi connectivity index (χ1n) is 12.0. The molecule has 3 heterocycles. The number of benzene rings is 1. The molecule has 36 heavy (non-hydrogen) atoms. The highest BCUT2D eigenvalue weighted by molar-refractivity contribution is 6.33. The first kappa shape index (κ1) is 25.8. The maximum atomic E-state index is 6.56. The third-order valence-electron chi connectivity index (χ3n) is 6.02. The molecule has 1 aliphatic heterocycles. The van der Waals surface area contributed by atoms with E-state index in [1.807, 2.05) is 66.3 Å². The number of allylic oxidation sites excluding steroid dienone is 1. The van der Waals surface area contributed by atoms with Crippen molar-refractivity contribution in [2.75, 3.05) is 32.5 Å². The van der Waals surface area contributed by atoms with Crippen molar-refractivity contribution < 1.29 is 4.74 Å². The third kappa shape index (κ3) is 5.43. The maximum absolute atomic E-state index is 6.56. The van der Waals surface area contributed by atoms with E-state index in [-0.39, 0.29) is 6.10 Å². The van der Waals surface area contributed by atoms with E-state index in [2.05, 4.69) is 42.5 Å². The van der Waals surface area contributed by atoms with E-state index in [4.69, 9.17) is 27.1 Å². The van der Waals surface area contributed by atoms with Crippen LogP contribution in [0.4, 0.5) is 5.95 Å². The Morgan fingerprint density at radius 2 is 2.03 bits per heavy atom. The Kier molecular flexibility index (Phi) is 7.44. The Labute approximate surface area is 217 Å². The number of nitrogens with zero attached hydrogens (tertiary/aromatic N) is 4. The number of nitrogens with two attached hydrogens (primary N) is 1. The number of nitrogens with one attached hydrogen (secondary N) is 3. The summed E-state index contributed by atoms with van der Waals surface area (Å²) in [5.74, 6) is 0.946. The molecule has 0 fully saturated rings. The third-order valence-corrected chi connectivity index (χ3v) is 6.30. The number of anilines is 1. The van der Waals surface area contributed by atoms with Gasteiger partial charge in [0.1, 0.15) is 11.4 Å². The molecule has 1 atom stereocenters. The van der Waals surface area contributed by atoms with Gasteiger partial charge in [0.05, 0.1) is 28.7 Å². The Morgan fingerprint density at radius 3 is 2.75 bits per heavy atom. The van der Waals surface area contributed by atoms with E-state index in [0.29, 0.717) is 33.9 Å². The summed E-state index contributed by atoms with van der Waals surface area (Å²) >= 11 is 6.56. The molecule has 5 N–H and O–H groups in total. The van der Waals surface area contributed by atoms with E-state index in [9.17, 15) is 0 Å². The molecule has 4 rings (SSSR count). The quantitative estimate of drug-likeness (QED) is 0.346. The van der Waals surface area contributed by atoms with Crippen LogP contribution in [-0.2, 0) is 11.8 Å². The molecule has 0 saturated carbocycles. The molecule has 2 aromatic heterocycles. The molecule has 0 aliphatic carbocycles. The molecule has 1 aliphatic rings. The molecule has 1 aromatic carbocycles. The molecule has 0 bridgehead atoms. The number of aryl methyl sites for hydroxylation is 1. The summed E-state index contributed by atoms with van der Waals surface area (Å²) in [6, 6.07) is 8.15. The highest BCUT2D eigenvalue weighted by Gasteiger charge is 2.33. The number of halogens is 1. The first-order valence-corrected chi connectivity index (χ1v) is 12.4. The number of para-hydroxylation sites is 1. The van der Waals surface area contributed by atoms with Crippen LogP contribution in [0.5, 0.6) is 0 Å². The molecule has 9 nitrogen and oxygen atoms in total. The van der Waals surface area contributed by atoms with Crippen molar-refractivity contribution in [2.24, 2.45) is 12.8 Å². The summed E-state index contributed by atoms with van der Waals surface area (Å²) < 4.78 is 8.18. The van der Waals surface area contributed by atoms with Gasteiger partial charge in [-0.2, -0.15) is 0 Å². The number of fused-ring (bicyclic) bond motifs is 1. The zero-order chi connectivity index (χ0) is 26.0. The Morgan fingerprint density at radius 1 is 1.28 bits per heavy atom. The molecule has 0 spiro atoms. The second-order valence-corrected chi connectivity index (χ2v) is 10.1. The SMILES string of the molecule is CC(C)OC1=C(Nc2ncc(Cl)c(-c3cn(C)c4ccccc34)n2)C=C(N)C(C)(NCCN(C)C)N1. The lowest BCUT2D eigenvalue weighted by atomic mass is 10.0. The summed E-state index contributed by atoms with van der Waals surface area (Å²) in [5, 5.41) is 11.7. The molecule has 0 saturated heterocycles. The topological polar surface area (TPSA) is 105 Å². The Hall–Kier alpha value is -3.27. The van der Waals surface area contributed by atoms with Gasteiger partial charge in [0, 0.05) is 42.8 Å². The van der Waals surface area contributed by atoms with Crippen LogP contribution in [-0.4, -0.2) is 58.4 Å². The average Bonchev–Trinajstić information content (AvgIpc) is 3.14. The van der Waals surface area contributed by atoms with Gasteiger partial charge < -0.3 is 30.6 Å². The van der Waals surface area contributed by atoms with Crippen LogP contribution in [0.15, 0.2) is 60.0 Å². The number of aromatic nitrogens is 3. The van der Waals surface area contributed by atoms with Gasteiger partial charge in [-0.15, -0.1) is 0 Å².